The number of methoxy groups -OCH3 is 1. The minimum Gasteiger partial charge on any atom is -0.495 e. The highest BCUT2D eigenvalue weighted by molar-refractivity contribution is 9.10. The molecule has 1 aromatic heterocycles. The zero-order chi connectivity index (χ0) is 13.1. The molecule has 0 radical (unpaired) electrons. The number of aromatic carboxylic acids is 1. The highest BCUT2D eigenvalue weighted by Crippen LogP contribution is 2.30. The molecule has 0 amide bonds. The number of hydrogen-bond acceptors (Lipinski definition) is 5. The highest BCUT2D eigenvalue weighted by Gasteiger charge is 2.09. The van der Waals surface area contributed by atoms with E-state index in [1.165, 1.54) is 16.7 Å². The van der Waals surface area contributed by atoms with Gasteiger partial charge in [-0.1, -0.05) is 0 Å². The maximum Gasteiger partial charge on any atom is 0.355 e. The van der Waals surface area contributed by atoms with Gasteiger partial charge in [0.1, 0.15) is 5.75 Å². The highest BCUT2D eigenvalue weighted by atomic mass is 79.9. The molecule has 0 unspecified atom stereocenters. The minimum absolute atomic E-state index is 0.0339. The van der Waals surface area contributed by atoms with E-state index in [0.717, 1.165) is 10.2 Å². The number of carbonyl (C=O) groups is 1. The van der Waals surface area contributed by atoms with Crippen molar-refractivity contribution >= 4 is 44.1 Å². The van der Waals surface area contributed by atoms with Gasteiger partial charge in [0.15, 0.2) is 10.8 Å². The molecule has 5 nitrogen and oxygen atoms in total. The summed E-state index contributed by atoms with van der Waals surface area (Å²) in [4.78, 5) is 14.6. The van der Waals surface area contributed by atoms with Crippen LogP contribution in [0.3, 0.4) is 0 Å². The van der Waals surface area contributed by atoms with Crippen LogP contribution in [0.2, 0.25) is 0 Å². The molecule has 2 rings (SSSR count). The predicted molar refractivity (Wildman–Crippen MR) is 73.1 cm³/mol. The summed E-state index contributed by atoms with van der Waals surface area (Å²) in [5, 5.41) is 13.8. The average molecular weight is 329 g/mol. The molecule has 0 saturated carbocycles. The molecular weight excluding hydrogens is 320 g/mol. The Morgan fingerprint density at radius 1 is 1.56 bits per heavy atom. The molecule has 0 bridgehead atoms. The molecule has 18 heavy (non-hydrogen) atoms. The molecule has 0 fully saturated rings. The summed E-state index contributed by atoms with van der Waals surface area (Å²) in [7, 11) is 1.58. The lowest BCUT2D eigenvalue weighted by atomic mass is 10.3. The molecule has 0 aliphatic heterocycles. The van der Waals surface area contributed by atoms with Gasteiger partial charge in [0.25, 0.3) is 0 Å². The number of nitrogens with zero attached hydrogens (tertiary/aromatic N) is 1. The van der Waals surface area contributed by atoms with Crippen LogP contribution >= 0.6 is 27.3 Å². The first kappa shape index (κ1) is 12.8. The van der Waals surface area contributed by atoms with Gasteiger partial charge in [0.05, 0.1) is 11.6 Å². The van der Waals surface area contributed by atoms with E-state index in [1.807, 2.05) is 12.1 Å². The van der Waals surface area contributed by atoms with Gasteiger partial charge in [-0.3, -0.25) is 0 Å². The Balaban J connectivity index is 2.20. The van der Waals surface area contributed by atoms with Gasteiger partial charge in [-0.05, 0) is 28.1 Å². The van der Waals surface area contributed by atoms with Crippen molar-refractivity contribution in [1.29, 1.82) is 0 Å². The van der Waals surface area contributed by atoms with Crippen molar-refractivity contribution in [2.24, 2.45) is 0 Å². The van der Waals surface area contributed by atoms with Crippen LogP contribution in [0.1, 0.15) is 10.5 Å². The van der Waals surface area contributed by atoms with Crippen LogP contribution in [0.4, 0.5) is 10.8 Å². The molecule has 0 atom stereocenters. The molecule has 94 valence electrons. The predicted octanol–water partition coefficient (Wildman–Crippen LogP) is 3.36. The summed E-state index contributed by atoms with van der Waals surface area (Å²) in [6, 6.07) is 5.48. The first-order valence-corrected chi connectivity index (χ1v) is 6.57. The number of benzene rings is 1. The molecule has 1 heterocycles. The largest absolute Gasteiger partial charge is 0.495 e. The fourth-order valence-corrected chi connectivity index (χ4v) is 2.40. The summed E-state index contributed by atoms with van der Waals surface area (Å²) >= 11 is 4.59. The number of carboxylic acid groups (broad SMARTS) is 1. The second-order valence-electron chi connectivity index (χ2n) is 3.32. The quantitative estimate of drug-likeness (QED) is 0.900. The first-order valence-electron chi connectivity index (χ1n) is 4.89. The van der Waals surface area contributed by atoms with Crippen molar-refractivity contribution in [1.82, 2.24) is 4.98 Å². The van der Waals surface area contributed by atoms with Gasteiger partial charge in [0.2, 0.25) is 0 Å². The second kappa shape index (κ2) is 5.36. The lowest BCUT2D eigenvalue weighted by Crippen LogP contribution is -1.97. The van der Waals surface area contributed by atoms with E-state index >= 15 is 0 Å². The number of ether oxygens (including phenoxy) is 1. The Morgan fingerprint density at radius 3 is 2.94 bits per heavy atom. The van der Waals surface area contributed by atoms with E-state index in [4.69, 9.17) is 9.84 Å². The van der Waals surface area contributed by atoms with Crippen molar-refractivity contribution in [2.75, 3.05) is 12.4 Å². The Bertz CT molecular complexity index is 585. The molecule has 0 spiro atoms. The van der Waals surface area contributed by atoms with Crippen LogP contribution in [0.5, 0.6) is 5.75 Å². The number of halogens is 1. The Morgan fingerprint density at radius 2 is 2.33 bits per heavy atom. The maximum atomic E-state index is 10.7. The molecule has 2 N–H and O–H groups in total. The lowest BCUT2D eigenvalue weighted by molar-refractivity contribution is 0.0691. The van der Waals surface area contributed by atoms with E-state index < -0.39 is 5.97 Å². The van der Waals surface area contributed by atoms with Gasteiger partial charge in [0, 0.05) is 17.1 Å². The first-order chi connectivity index (χ1) is 8.60. The van der Waals surface area contributed by atoms with E-state index in [0.29, 0.717) is 10.9 Å². The van der Waals surface area contributed by atoms with Crippen LogP contribution in [0.25, 0.3) is 0 Å². The van der Waals surface area contributed by atoms with Crippen molar-refractivity contribution in [3.63, 3.8) is 0 Å². The summed E-state index contributed by atoms with van der Waals surface area (Å²) in [6.45, 7) is 0. The van der Waals surface area contributed by atoms with Crippen molar-refractivity contribution < 1.29 is 14.6 Å². The smallest absolute Gasteiger partial charge is 0.355 e. The summed E-state index contributed by atoms with van der Waals surface area (Å²) in [5.41, 5.74) is 0.813. The molecular formula is C11H9BrN2O3S. The van der Waals surface area contributed by atoms with E-state index in [-0.39, 0.29) is 5.69 Å². The summed E-state index contributed by atoms with van der Waals surface area (Å²) in [6.07, 6.45) is 0. The monoisotopic (exact) mass is 328 g/mol. The number of thiazole rings is 1. The Kier molecular flexibility index (Phi) is 3.83. The van der Waals surface area contributed by atoms with Crippen LogP contribution in [0, 0.1) is 0 Å². The second-order valence-corrected chi connectivity index (χ2v) is 5.03. The number of aromatic nitrogens is 1. The van der Waals surface area contributed by atoms with Crippen molar-refractivity contribution in [3.05, 3.63) is 33.7 Å². The average Bonchev–Trinajstić information content (AvgIpc) is 2.80. The zero-order valence-corrected chi connectivity index (χ0v) is 11.7. The number of rotatable bonds is 4. The SMILES string of the molecule is COc1cc(Nc2nc(C(=O)O)cs2)ccc1Br. The molecule has 0 aliphatic rings. The number of hydrogen-bond donors (Lipinski definition) is 2. The standard InChI is InChI=1S/C11H9BrN2O3S/c1-17-9-4-6(2-3-7(9)12)13-11-14-8(5-18-11)10(15)16/h2-5H,1H3,(H,13,14)(H,15,16). The third-order valence-electron chi connectivity index (χ3n) is 2.13. The summed E-state index contributed by atoms with van der Waals surface area (Å²) < 4.78 is 6.02. The molecule has 0 saturated heterocycles. The number of nitrogens with one attached hydrogen (secondary N) is 1. The fraction of sp³-hybridized carbons (Fsp3) is 0.0909. The number of carboxylic acids is 1. The van der Waals surface area contributed by atoms with E-state index in [9.17, 15) is 4.79 Å². The van der Waals surface area contributed by atoms with E-state index in [2.05, 4.69) is 26.2 Å². The van der Waals surface area contributed by atoms with Crippen molar-refractivity contribution in [2.45, 2.75) is 0 Å². The Hall–Kier alpha value is -1.60. The molecule has 7 heteroatoms. The van der Waals surface area contributed by atoms with Crippen LogP contribution in [0.15, 0.2) is 28.1 Å². The van der Waals surface area contributed by atoms with E-state index in [1.54, 1.807) is 13.2 Å². The van der Waals surface area contributed by atoms with Crippen LogP contribution < -0.4 is 10.1 Å². The van der Waals surface area contributed by atoms with Crippen molar-refractivity contribution in [3.8, 4) is 5.75 Å². The third-order valence-corrected chi connectivity index (χ3v) is 3.54. The van der Waals surface area contributed by atoms with Gasteiger partial charge < -0.3 is 15.2 Å². The van der Waals surface area contributed by atoms with Gasteiger partial charge >= 0.3 is 5.97 Å². The lowest BCUT2D eigenvalue weighted by Gasteiger charge is -2.07. The fourth-order valence-electron chi connectivity index (χ4n) is 1.29. The van der Waals surface area contributed by atoms with Gasteiger partial charge in [-0.25, -0.2) is 9.78 Å². The number of anilines is 2. The normalized spacial score (nSPS) is 10.1. The summed E-state index contributed by atoms with van der Waals surface area (Å²) in [5.74, 6) is -0.345. The molecule has 0 aliphatic carbocycles. The van der Waals surface area contributed by atoms with Crippen LogP contribution in [-0.2, 0) is 0 Å². The maximum absolute atomic E-state index is 10.7. The van der Waals surface area contributed by atoms with Crippen LogP contribution in [-0.4, -0.2) is 23.2 Å². The van der Waals surface area contributed by atoms with Gasteiger partial charge in [-0.15, -0.1) is 11.3 Å². The molecule has 2 aromatic rings. The minimum atomic E-state index is -1.03. The zero-order valence-electron chi connectivity index (χ0n) is 9.31. The van der Waals surface area contributed by atoms with Gasteiger partial charge in [-0.2, -0.15) is 0 Å². The third kappa shape index (κ3) is 2.80. The topological polar surface area (TPSA) is 71.5 Å². The Labute approximate surface area is 116 Å². The molecule has 1 aromatic carbocycles.